The van der Waals surface area contributed by atoms with E-state index < -0.39 is 0 Å². The van der Waals surface area contributed by atoms with Crippen molar-refractivity contribution in [2.45, 2.75) is 39.5 Å². The second-order valence-corrected chi connectivity index (χ2v) is 2.83. The third kappa shape index (κ3) is 5.80. The van der Waals surface area contributed by atoms with Crippen LogP contribution in [0.15, 0.2) is 0 Å². The fraction of sp³-hybridized carbons (Fsp3) is 0.889. The maximum absolute atomic E-state index is 3.95. The second-order valence-electron chi connectivity index (χ2n) is 2.83. The number of unbranched alkanes of at least 4 members (excludes halogenated alkanes) is 2. The molecular weight excluding hydrogens is 122 g/mol. The quantitative estimate of drug-likeness (QED) is 0.395. The molecule has 0 aliphatic carbocycles. The van der Waals surface area contributed by atoms with E-state index in [0.717, 1.165) is 13.1 Å². The summed E-state index contributed by atoms with van der Waals surface area (Å²) in [7, 11) is 0. The van der Waals surface area contributed by atoms with Crippen LogP contribution in [-0.4, -0.2) is 24.4 Å². The molecule has 1 heteroatoms. The Morgan fingerprint density at radius 3 is 1.70 bits per heavy atom. The summed E-state index contributed by atoms with van der Waals surface area (Å²) in [6, 6.07) is 0. The molecule has 0 heterocycles. The summed E-state index contributed by atoms with van der Waals surface area (Å²) in [4.78, 5) is 0. The highest BCUT2D eigenvalue weighted by Crippen LogP contribution is 1.90. The van der Waals surface area contributed by atoms with E-state index in [4.69, 9.17) is 0 Å². The lowest BCUT2D eigenvalue weighted by molar-refractivity contribution is -0.520. The van der Waals surface area contributed by atoms with Crippen LogP contribution >= 0.6 is 0 Å². The first-order valence-electron chi connectivity index (χ1n) is 4.36. The first-order valence-corrected chi connectivity index (χ1v) is 4.36. The molecule has 0 N–H and O–H groups in total. The van der Waals surface area contributed by atoms with Gasteiger partial charge < -0.3 is 0 Å². The highest BCUT2D eigenvalue weighted by atomic mass is 15.0. The Kier molecular flexibility index (Phi) is 6.56. The minimum atomic E-state index is 1.16. The van der Waals surface area contributed by atoms with Gasteiger partial charge >= 0.3 is 0 Å². The maximum Gasteiger partial charge on any atom is 0.142 e. The number of hydrogen-bond acceptors (Lipinski definition) is 0. The van der Waals surface area contributed by atoms with Crippen LogP contribution in [0, 0.1) is 0 Å². The van der Waals surface area contributed by atoms with E-state index in [1.54, 1.807) is 0 Å². The van der Waals surface area contributed by atoms with Crippen molar-refractivity contribution in [1.82, 2.24) is 0 Å². The van der Waals surface area contributed by atoms with E-state index in [2.05, 4.69) is 25.1 Å². The van der Waals surface area contributed by atoms with Gasteiger partial charge in [-0.2, -0.15) is 0 Å². The molecule has 0 aromatic heterocycles. The van der Waals surface area contributed by atoms with Crippen molar-refractivity contribution in [1.29, 1.82) is 0 Å². The van der Waals surface area contributed by atoms with E-state index >= 15 is 0 Å². The van der Waals surface area contributed by atoms with Crippen molar-refractivity contribution in [2.24, 2.45) is 0 Å². The van der Waals surface area contributed by atoms with Crippen molar-refractivity contribution in [2.75, 3.05) is 13.1 Å². The van der Waals surface area contributed by atoms with Gasteiger partial charge in [0.2, 0.25) is 0 Å². The minimum Gasteiger partial charge on any atom is -0.242 e. The third-order valence-corrected chi connectivity index (χ3v) is 1.66. The summed E-state index contributed by atoms with van der Waals surface area (Å²) in [5.41, 5.74) is 0. The third-order valence-electron chi connectivity index (χ3n) is 1.66. The first-order chi connectivity index (χ1) is 4.81. The molecule has 0 saturated heterocycles. The highest BCUT2D eigenvalue weighted by Gasteiger charge is 1.96. The fourth-order valence-corrected chi connectivity index (χ4v) is 0.875. The number of hydrogen-bond donors (Lipinski definition) is 0. The van der Waals surface area contributed by atoms with E-state index in [9.17, 15) is 0 Å². The van der Waals surface area contributed by atoms with Gasteiger partial charge in [-0.25, -0.2) is 4.58 Å². The summed E-state index contributed by atoms with van der Waals surface area (Å²) in [6.07, 6.45) is 5.12. The molecule has 0 unspecified atom stereocenters. The van der Waals surface area contributed by atoms with Crippen LogP contribution in [0.3, 0.4) is 0 Å². The Morgan fingerprint density at radius 1 is 1.00 bits per heavy atom. The molecule has 0 aromatic rings. The average Bonchev–Trinajstić information content (AvgIpc) is 1.97. The number of rotatable bonds is 6. The lowest BCUT2D eigenvalue weighted by Crippen LogP contribution is -2.12. The zero-order valence-electron chi connectivity index (χ0n) is 7.40. The Hall–Kier alpha value is -0.330. The summed E-state index contributed by atoms with van der Waals surface area (Å²) < 4.78 is 2.17. The molecule has 0 radical (unpaired) electrons. The molecule has 0 bridgehead atoms. The van der Waals surface area contributed by atoms with Gasteiger partial charge in [0.15, 0.2) is 0 Å². The highest BCUT2D eigenvalue weighted by molar-refractivity contribution is 5.14. The molecule has 0 atom stereocenters. The van der Waals surface area contributed by atoms with Crippen molar-refractivity contribution >= 4 is 6.72 Å². The predicted molar refractivity (Wildman–Crippen MR) is 46.9 cm³/mol. The molecule has 0 fully saturated rings. The summed E-state index contributed by atoms with van der Waals surface area (Å²) in [6.45, 7) is 10.7. The molecule has 10 heavy (non-hydrogen) atoms. The Balaban J connectivity index is 3.09. The molecular formula is C9H20N+. The van der Waals surface area contributed by atoms with E-state index in [0.29, 0.717) is 0 Å². The zero-order valence-corrected chi connectivity index (χ0v) is 7.40. The van der Waals surface area contributed by atoms with Crippen LogP contribution < -0.4 is 0 Å². The lowest BCUT2D eigenvalue weighted by atomic mass is 10.3. The van der Waals surface area contributed by atoms with Crippen LogP contribution in [0.2, 0.25) is 0 Å². The molecule has 0 spiro atoms. The first kappa shape index (κ1) is 9.67. The monoisotopic (exact) mass is 142 g/mol. The van der Waals surface area contributed by atoms with E-state index in [1.165, 1.54) is 25.7 Å². The average molecular weight is 142 g/mol. The molecule has 0 aliphatic heterocycles. The van der Waals surface area contributed by atoms with Crippen molar-refractivity contribution in [3.8, 4) is 0 Å². The summed E-state index contributed by atoms with van der Waals surface area (Å²) in [5, 5.41) is 0. The molecule has 0 amide bonds. The van der Waals surface area contributed by atoms with Crippen LogP contribution in [0.4, 0.5) is 0 Å². The van der Waals surface area contributed by atoms with Gasteiger partial charge in [0.1, 0.15) is 19.8 Å². The van der Waals surface area contributed by atoms with E-state index in [-0.39, 0.29) is 0 Å². The Bertz CT molecular complexity index is 76.7. The van der Waals surface area contributed by atoms with Gasteiger partial charge in [0, 0.05) is 12.8 Å². The Morgan fingerprint density at radius 2 is 1.40 bits per heavy atom. The molecule has 0 aliphatic rings. The van der Waals surface area contributed by atoms with Crippen molar-refractivity contribution in [3.05, 3.63) is 0 Å². The molecule has 0 rings (SSSR count). The molecule has 0 aromatic carbocycles. The minimum absolute atomic E-state index is 1.16. The predicted octanol–water partition coefficient (Wildman–Crippen LogP) is 2.30. The largest absolute Gasteiger partial charge is 0.242 e. The second kappa shape index (κ2) is 6.79. The topological polar surface area (TPSA) is 3.01 Å². The van der Waals surface area contributed by atoms with Crippen LogP contribution in [0.25, 0.3) is 0 Å². The SMILES string of the molecule is C=[N+](CCCC)CCCC. The molecule has 1 nitrogen and oxygen atoms in total. The van der Waals surface area contributed by atoms with Gasteiger partial charge in [-0.3, -0.25) is 0 Å². The van der Waals surface area contributed by atoms with Gasteiger partial charge in [0.05, 0.1) is 0 Å². The molecule has 0 saturated carbocycles. The summed E-state index contributed by atoms with van der Waals surface area (Å²) >= 11 is 0. The van der Waals surface area contributed by atoms with E-state index in [1.807, 2.05) is 0 Å². The lowest BCUT2D eigenvalue weighted by Gasteiger charge is -1.98. The zero-order chi connectivity index (χ0) is 7.82. The standard InChI is InChI=1S/C9H20N/c1-4-6-8-10(3)9-7-5-2/h3-9H2,1-2H3/q+1. The van der Waals surface area contributed by atoms with Crippen LogP contribution in [0.1, 0.15) is 39.5 Å². The van der Waals surface area contributed by atoms with Crippen LogP contribution in [-0.2, 0) is 0 Å². The van der Waals surface area contributed by atoms with Gasteiger partial charge in [-0.1, -0.05) is 26.7 Å². The smallest absolute Gasteiger partial charge is 0.142 e. The fourth-order valence-electron chi connectivity index (χ4n) is 0.875. The maximum atomic E-state index is 3.95. The van der Waals surface area contributed by atoms with Gasteiger partial charge in [-0.05, 0) is 0 Å². The van der Waals surface area contributed by atoms with Crippen molar-refractivity contribution < 1.29 is 4.58 Å². The van der Waals surface area contributed by atoms with Gasteiger partial charge in [0.25, 0.3) is 0 Å². The normalized spacial score (nSPS) is 9.80. The molecule has 60 valence electrons. The van der Waals surface area contributed by atoms with Crippen molar-refractivity contribution in [3.63, 3.8) is 0 Å². The Labute approximate surface area is 64.8 Å². The summed E-state index contributed by atoms with van der Waals surface area (Å²) in [5.74, 6) is 0. The number of nitrogens with zero attached hydrogens (tertiary/aromatic N) is 1. The van der Waals surface area contributed by atoms with Crippen LogP contribution in [0.5, 0.6) is 0 Å². The van der Waals surface area contributed by atoms with Gasteiger partial charge in [-0.15, -0.1) is 0 Å².